The topological polar surface area (TPSA) is 45.8 Å². The van der Waals surface area contributed by atoms with Crippen LogP contribution in [0.5, 0.6) is 0 Å². The first-order chi connectivity index (χ1) is 9.58. The normalized spacial score (nSPS) is 10.9. The summed E-state index contributed by atoms with van der Waals surface area (Å²) in [5.74, 6) is -0.547. The molecule has 1 aromatic carbocycles. The van der Waals surface area contributed by atoms with Crippen molar-refractivity contribution in [2.75, 3.05) is 0 Å². The van der Waals surface area contributed by atoms with Gasteiger partial charge in [0.25, 0.3) is 0 Å². The molecule has 0 amide bonds. The van der Waals surface area contributed by atoms with Gasteiger partial charge in [-0.25, -0.2) is 9.37 Å². The summed E-state index contributed by atoms with van der Waals surface area (Å²) in [6, 6.07) is 5.91. The van der Waals surface area contributed by atoms with E-state index < -0.39 is 0 Å². The highest BCUT2D eigenvalue weighted by molar-refractivity contribution is 6.37. The van der Waals surface area contributed by atoms with E-state index in [4.69, 9.17) is 11.6 Å². The average molecular weight is 289 g/mol. The summed E-state index contributed by atoms with van der Waals surface area (Å²) in [4.78, 5) is 19.5. The third-order valence-electron chi connectivity index (χ3n) is 3.19. The van der Waals surface area contributed by atoms with Gasteiger partial charge in [0.1, 0.15) is 11.5 Å². The number of rotatable bonds is 2. The summed E-state index contributed by atoms with van der Waals surface area (Å²) in [6.45, 7) is 1.62. The molecule has 3 rings (SSSR count). The Kier molecular flexibility index (Phi) is 3.03. The highest BCUT2D eigenvalue weighted by atomic mass is 35.5. The highest BCUT2D eigenvalue weighted by Crippen LogP contribution is 2.27. The Bertz CT molecular complexity index is 826. The fourth-order valence-electron chi connectivity index (χ4n) is 2.14. The van der Waals surface area contributed by atoms with Crippen molar-refractivity contribution in [2.24, 2.45) is 0 Å². The third kappa shape index (κ3) is 1.98. The van der Waals surface area contributed by atoms with E-state index in [1.54, 1.807) is 25.4 Å². The van der Waals surface area contributed by atoms with Crippen LogP contribution in [-0.4, -0.2) is 15.8 Å². The highest BCUT2D eigenvalue weighted by Gasteiger charge is 2.17. The molecule has 0 atom stereocenters. The monoisotopic (exact) mass is 288 g/mol. The number of aromatic amines is 1. The summed E-state index contributed by atoms with van der Waals surface area (Å²) in [5, 5.41) is 1.04. The first-order valence-corrected chi connectivity index (χ1v) is 6.38. The second-order valence-corrected chi connectivity index (χ2v) is 4.92. The van der Waals surface area contributed by atoms with E-state index in [1.807, 2.05) is 0 Å². The van der Waals surface area contributed by atoms with Crippen LogP contribution in [0.3, 0.4) is 0 Å². The maximum Gasteiger partial charge on any atom is 0.195 e. The van der Waals surface area contributed by atoms with Crippen molar-refractivity contribution in [3.63, 3.8) is 0 Å². The molecule has 20 heavy (non-hydrogen) atoms. The number of nitrogens with one attached hydrogen (secondary N) is 1. The van der Waals surface area contributed by atoms with Gasteiger partial charge in [-0.2, -0.15) is 0 Å². The lowest BCUT2D eigenvalue weighted by Crippen LogP contribution is -2.01. The number of fused-ring (bicyclic) bond motifs is 1. The Hall–Kier alpha value is -2.20. The summed E-state index contributed by atoms with van der Waals surface area (Å²) in [5.41, 5.74) is 1.84. The van der Waals surface area contributed by atoms with Gasteiger partial charge in [-0.1, -0.05) is 11.6 Å². The zero-order valence-electron chi connectivity index (χ0n) is 10.6. The molecule has 0 unspecified atom stereocenters. The van der Waals surface area contributed by atoms with Crippen molar-refractivity contribution in [1.82, 2.24) is 9.97 Å². The fourth-order valence-corrected chi connectivity index (χ4v) is 2.38. The first-order valence-electron chi connectivity index (χ1n) is 6.00. The lowest BCUT2D eigenvalue weighted by molar-refractivity contribution is 0.104. The molecule has 100 valence electrons. The van der Waals surface area contributed by atoms with Gasteiger partial charge in [0.2, 0.25) is 0 Å². The van der Waals surface area contributed by atoms with Gasteiger partial charge in [-0.05, 0) is 36.8 Å². The van der Waals surface area contributed by atoms with Crippen LogP contribution >= 0.6 is 11.6 Å². The number of halogens is 2. The molecule has 0 fully saturated rings. The van der Waals surface area contributed by atoms with Crippen LogP contribution in [0.15, 0.2) is 36.7 Å². The molecule has 5 heteroatoms. The predicted molar refractivity (Wildman–Crippen MR) is 75.7 cm³/mol. The molecule has 0 aliphatic heterocycles. The lowest BCUT2D eigenvalue weighted by atomic mass is 10.0. The number of aromatic nitrogens is 2. The van der Waals surface area contributed by atoms with Gasteiger partial charge in [-0.15, -0.1) is 0 Å². The molecule has 0 aliphatic rings. The van der Waals surface area contributed by atoms with Gasteiger partial charge in [0.15, 0.2) is 5.78 Å². The first kappa shape index (κ1) is 12.8. The summed E-state index contributed by atoms with van der Waals surface area (Å²) < 4.78 is 13.3. The minimum Gasteiger partial charge on any atom is -0.345 e. The third-order valence-corrected chi connectivity index (χ3v) is 3.50. The zero-order valence-corrected chi connectivity index (χ0v) is 11.3. The number of H-pyrrole nitrogens is 1. The number of pyridine rings is 1. The van der Waals surface area contributed by atoms with Crippen molar-refractivity contribution in [3.8, 4) is 0 Å². The van der Waals surface area contributed by atoms with Crippen LogP contribution in [0.2, 0.25) is 5.02 Å². The van der Waals surface area contributed by atoms with E-state index in [0.29, 0.717) is 32.7 Å². The average Bonchev–Trinajstić information content (AvgIpc) is 2.86. The second kappa shape index (κ2) is 4.72. The second-order valence-electron chi connectivity index (χ2n) is 4.51. The Morgan fingerprint density at radius 3 is 2.90 bits per heavy atom. The number of carbonyl (C=O) groups is 1. The van der Waals surface area contributed by atoms with Crippen molar-refractivity contribution in [1.29, 1.82) is 0 Å². The van der Waals surface area contributed by atoms with Crippen molar-refractivity contribution >= 4 is 28.4 Å². The maximum atomic E-state index is 13.3. The molecule has 2 heterocycles. The molecule has 0 spiro atoms. The molecule has 0 saturated carbocycles. The van der Waals surface area contributed by atoms with E-state index in [2.05, 4.69) is 9.97 Å². The minimum absolute atomic E-state index is 0.214. The number of ketones is 1. The lowest BCUT2D eigenvalue weighted by Gasteiger charge is -2.03. The van der Waals surface area contributed by atoms with E-state index in [0.717, 1.165) is 0 Å². The van der Waals surface area contributed by atoms with E-state index in [1.165, 1.54) is 18.2 Å². The molecule has 2 aromatic heterocycles. The van der Waals surface area contributed by atoms with E-state index in [9.17, 15) is 9.18 Å². The van der Waals surface area contributed by atoms with Gasteiger partial charge in [0, 0.05) is 23.3 Å². The summed E-state index contributed by atoms with van der Waals surface area (Å²) >= 11 is 6.12. The number of hydrogen-bond acceptors (Lipinski definition) is 2. The van der Waals surface area contributed by atoms with Gasteiger partial charge >= 0.3 is 0 Å². The molecule has 0 bridgehead atoms. The number of hydrogen-bond donors (Lipinski definition) is 1. The summed E-state index contributed by atoms with van der Waals surface area (Å²) in [7, 11) is 0. The molecule has 1 N–H and O–H groups in total. The molecular weight excluding hydrogens is 279 g/mol. The Morgan fingerprint density at radius 2 is 2.15 bits per heavy atom. The van der Waals surface area contributed by atoms with Gasteiger partial charge in [-0.3, -0.25) is 4.79 Å². The Labute approximate surface area is 119 Å². The van der Waals surface area contributed by atoms with Crippen LogP contribution in [-0.2, 0) is 0 Å². The number of aryl methyl sites for hydroxylation is 1. The van der Waals surface area contributed by atoms with Gasteiger partial charge in [0.05, 0.1) is 10.6 Å². The summed E-state index contributed by atoms with van der Waals surface area (Å²) in [6.07, 6.45) is 3.14. The van der Waals surface area contributed by atoms with Crippen LogP contribution in [0.1, 0.15) is 21.5 Å². The van der Waals surface area contributed by atoms with Crippen LogP contribution < -0.4 is 0 Å². The molecular formula is C15H10ClFN2O. The smallest absolute Gasteiger partial charge is 0.195 e. The number of carbonyl (C=O) groups excluding carboxylic acids is 1. The zero-order chi connectivity index (χ0) is 14.3. The molecule has 0 radical (unpaired) electrons. The predicted octanol–water partition coefficient (Wildman–Crippen LogP) is 3.89. The Morgan fingerprint density at radius 1 is 1.35 bits per heavy atom. The molecule has 3 aromatic rings. The van der Waals surface area contributed by atoms with Crippen molar-refractivity contribution in [2.45, 2.75) is 6.92 Å². The van der Waals surface area contributed by atoms with Crippen LogP contribution in [0, 0.1) is 12.7 Å². The number of benzene rings is 1. The Balaban J connectivity index is 2.15. The molecule has 0 saturated heterocycles. The van der Waals surface area contributed by atoms with E-state index in [-0.39, 0.29) is 11.6 Å². The quantitative estimate of drug-likeness (QED) is 0.727. The van der Waals surface area contributed by atoms with E-state index >= 15 is 0 Å². The largest absolute Gasteiger partial charge is 0.345 e. The fraction of sp³-hybridized carbons (Fsp3) is 0.0667. The van der Waals surface area contributed by atoms with Crippen LogP contribution in [0.25, 0.3) is 11.0 Å². The van der Waals surface area contributed by atoms with Gasteiger partial charge < -0.3 is 4.98 Å². The molecule has 3 nitrogen and oxygen atoms in total. The molecule has 0 aliphatic carbocycles. The maximum absolute atomic E-state index is 13.3. The van der Waals surface area contributed by atoms with Crippen molar-refractivity contribution in [3.05, 3.63) is 64.2 Å². The number of nitrogens with zero attached hydrogens (tertiary/aromatic N) is 1. The van der Waals surface area contributed by atoms with Crippen molar-refractivity contribution < 1.29 is 9.18 Å². The standard InChI is InChI=1S/C15H10ClFN2O/c1-8-6-9(2-3-12(8)17)14(20)10-7-19-15-13(10)11(16)4-5-18-15/h2-7H,1H3,(H,18,19). The van der Waals surface area contributed by atoms with Crippen LogP contribution in [0.4, 0.5) is 4.39 Å². The SMILES string of the molecule is Cc1cc(C(=O)c2c[nH]c3nccc(Cl)c23)ccc1F. The minimum atomic E-state index is -0.333.